The molecule has 0 unspecified atom stereocenters. The Bertz CT molecular complexity index is 842. The van der Waals surface area contributed by atoms with Crippen molar-refractivity contribution in [2.75, 3.05) is 0 Å². The molecule has 3 aromatic carbocycles. The van der Waals surface area contributed by atoms with Gasteiger partial charge in [-0.3, -0.25) is 0 Å². The van der Waals surface area contributed by atoms with Gasteiger partial charge in [-0.05, 0) is 46.9 Å². The van der Waals surface area contributed by atoms with Gasteiger partial charge in [0.05, 0.1) is 0 Å². The fourth-order valence-corrected chi connectivity index (χ4v) is 3.84. The minimum atomic E-state index is -0.0940. The van der Waals surface area contributed by atoms with E-state index in [1.807, 2.05) is 0 Å². The van der Waals surface area contributed by atoms with Crippen molar-refractivity contribution in [3.63, 3.8) is 0 Å². The first-order chi connectivity index (χ1) is 10.6. The second-order valence-electron chi connectivity index (χ2n) is 6.40. The molecule has 1 aliphatic carbocycles. The number of nitrogens with two attached hydrogens (primary N) is 1. The Labute approximate surface area is 139 Å². The molecule has 0 heterocycles. The minimum absolute atomic E-state index is 0.0940. The molecule has 0 spiro atoms. The van der Waals surface area contributed by atoms with Gasteiger partial charge >= 0.3 is 0 Å². The van der Waals surface area contributed by atoms with Gasteiger partial charge in [-0.1, -0.05) is 70.5 Å². The Morgan fingerprint density at radius 2 is 1.77 bits per heavy atom. The minimum Gasteiger partial charge on any atom is -0.324 e. The van der Waals surface area contributed by atoms with Crippen LogP contribution in [0.3, 0.4) is 0 Å². The molecule has 1 nitrogen and oxygen atoms in total. The summed E-state index contributed by atoms with van der Waals surface area (Å²) in [7, 11) is 0. The van der Waals surface area contributed by atoms with Crippen LogP contribution in [-0.4, -0.2) is 5.54 Å². The molecule has 22 heavy (non-hydrogen) atoms. The Hall–Kier alpha value is -1.64. The van der Waals surface area contributed by atoms with Crippen molar-refractivity contribution in [2.45, 2.75) is 24.3 Å². The van der Waals surface area contributed by atoms with Crippen LogP contribution in [0.1, 0.15) is 23.5 Å². The van der Waals surface area contributed by atoms with Gasteiger partial charge in [0.25, 0.3) is 0 Å². The van der Waals surface area contributed by atoms with E-state index in [2.05, 4.69) is 82.7 Å². The number of halogens is 1. The zero-order chi connectivity index (χ0) is 15.2. The van der Waals surface area contributed by atoms with Gasteiger partial charge in [-0.15, -0.1) is 0 Å². The van der Waals surface area contributed by atoms with Crippen LogP contribution in [0.2, 0.25) is 0 Å². The lowest BCUT2D eigenvalue weighted by molar-refractivity contribution is 0.646. The summed E-state index contributed by atoms with van der Waals surface area (Å²) in [5.41, 5.74) is 9.22. The third-order valence-corrected chi connectivity index (χ3v) is 5.21. The highest BCUT2D eigenvalue weighted by Crippen LogP contribution is 2.51. The second kappa shape index (κ2) is 5.22. The number of benzene rings is 3. The summed E-state index contributed by atoms with van der Waals surface area (Å²) >= 11 is 3.55. The molecule has 3 aromatic rings. The number of hydrogen-bond donors (Lipinski definition) is 1. The average molecular weight is 352 g/mol. The van der Waals surface area contributed by atoms with E-state index < -0.39 is 0 Å². The summed E-state index contributed by atoms with van der Waals surface area (Å²) < 4.78 is 1.13. The lowest BCUT2D eigenvalue weighted by atomic mass is 9.97. The molecule has 4 rings (SSSR count). The molecule has 1 aliphatic rings. The topological polar surface area (TPSA) is 26.0 Å². The SMILES string of the molecule is N[C@]1(Cc2ccc3ccccc3c2)C[C@@H]1c1cccc(Br)c1. The molecule has 110 valence electrons. The van der Waals surface area contributed by atoms with Crippen LogP contribution in [0.15, 0.2) is 71.2 Å². The standard InChI is InChI=1S/C20H18BrN/c21-18-7-3-6-17(11-18)19-13-20(19,22)12-14-8-9-15-4-1-2-5-16(15)10-14/h1-11,19H,12-13,22H2/t19-,20-/m1/s1. The van der Waals surface area contributed by atoms with E-state index in [1.54, 1.807) is 0 Å². The summed E-state index contributed by atoms with van der Waals surface area (Å²) in [5.74, 6) is 0.469. The smallest absolute Gasteiger partial charge is 0.0271 e. The summed E-state index contributed by atoms with van der Waals surface area (Å²) in [5, 5.41) is 2.58. The summed E-state index contributed by atoms with van der Waals surface area (Å²) in [6, 6.07) is 23.7. The predicted octanol–water partition coefficient (Wildman–Crippen LogP) is 5.03. The van der Waals surface area contributed by atoms with Crippen molar-refractivity contribution in [3.8, 4) is 0 Å². The first-order valence-electron chi connectivity index (χ1n) is 7.66. The fourth-order valence-electron chi connectivity index (χ4n) is 3.42. The van der Waals surface area contributed by atoms with Crippen LogP contribution in [0.5, 0.6) is 0 Å². The van der Waals surface area contributed by atoms with Gasteiger partial charge in [-0.2, -0.15) is 0 Å². The lowest BCUT2D eigenvalue weighted by Gasteiger charge is -2.13. The monoisotopic (exact) mass is 351 g/mol. The summed E-state index contributed by atoms with van der Waals surface area (Å²) in [6.07, 6.45) is 2.01. The van der Waals surface area contributed by atoms with E-state index in [-0.39, 0.29) is 5.54 Å². The largest absolute Gasteiger partial charge is 0.324 e. The quantitative estimate of drug-likeness (QED) is 0.703. The van der Waals surface area contributed by atoms with Crippen LogP contribution in [0.4, 0.5) is 0 Å². The maximum atomic E-state index is 6.63. The summed E-state index contributed by atoms with van der Waals surface area (Å²) in [4.78, 5) is 0. The van der Waals surface area contributed by atoms with Crippen molar-refractivity contribution in [1.29, 1.82) is 0 Å². The molecule has 0 aliphatic heterocycles. The van der Waals surface area contributed by atoms with Gasteiger partial charge in [0.15, 0.2) is 0 Å². The molecule has 0 amide bonds. The maximum absolute atomic E-state index is 6.63. The highest BCUT2D eigenvalue weighted by atomic mass is 79.9. The van der Waals surface area contributed by atoms with E-state index in [9.17, 15) is 0 Å². The highest BCUT2D eigenvalue weighted by Gasteiger charge is 2.51. The highest BCUT2D eigenvalue weighted by molar-refractivity contribution is 9.10. The Morgan fingerprint density at radius 1 is 0.955 bits per heavy atom. The fraction of sp³-hybridized carbons (Fsp3) is 0.200. The van der Waals surface area contributed by atoms with Crippen molar-refractivity contribution in [2.24, 2.45) is 5.73 Å². The van der Waals surface area contributed by atoms with E-state index in [1.165, 1.54) is 21.9 Å². The molecule has 1 saturated carbocycles. The van der Waals surface area contributed by atoms with Crippen molar-refractivity contribution < 1.29 is 0 Å². The maximum Gasteiger partial charge on any atom is 0.0271 e. The van der Waals surface area contributed by atoms with Crippen LogP contribution >= 0.6 is 15.9 Å². The van der Waals surface area contributed by atoms with E-state index in [4.69, 9.17) is 5.73 Å². The Kier molecular flexibility index (Phi) is 3.32. The molecule has 0 aromatic heterocycles. The van der Waals surface area contributed by atoms with Gasteiger partial charge in [-0.25, -0.2) is 0 Å². The van der Waals surface area contributed by atoms with Crippen molar-refractivity contribution >= 4 is 26.7 Å². The molecule has 2 N–H and O–H groups in total. The van der Waals surface area contributed by atoms with Gasteiger partial charge in [0.1, 0.15) is 0 Å². The van der Waals surface area contributed by atoms with Gasteiger partial charge < -0.3 is 5.73 Å². The Morgan fingerprint density at radius 3 is 2.59 bits per heavy atom. The van der Waals surface area contributed by atoms with Crippen LogP contribution < -0.4 is 5.73 Å². The number of fused-ring (bicyclic) bond motifs is 1. The van der Waals surface area contributed by atoms with Gasteiger partial charge in [0.2, 0.25) is 0 Å². The normalized spacial score (nSPS) is 23.6. The molecular formula is C20H18BrN. The average Bonchev–Trinajstić information content (AvgIpc) is 3.18. The zero-order valence-corrected chi connectivity index (χ0v) is 13.9. The third kappa shape index (κ3) is 2.57. The van der Waals surface area contributed by atoms with Crippen LogP contribution in [-0.2, 0) is 6.42 Å². The first-order valence-corrected chi connectivity index (χ1v) is 8.45. The van der Waals surface area contributed by atoms with Crippen LogP contribution in [0, 0.1) is 0 Å². The molecule has 2 heteroatoms. The lowest BCUT2D eigenvalue weighted by Crippen LogP contribution is -2.27. The number of rotatable bonds is 3. The van der Waals surface area contributed by atoms with Gasteiger partial charge in [0, 0.05) is 15.9 Å². The molecule has 0 saturated heterocycles. The van der Waals surface area contributed by atoms with Crippen molar-refractivity contribution in [3.05, 3.63) is 82.3 Å². The number of hydrogen-bond acceptors (Lipinski definition) is 1. The van der Waals surface area contributed by atoms with E-state index in [0.29, 0.717) is 5.92 Å². The van der Waals surface area contributed by atoms with E-state index in [0.717, 1.165) is 17.3 Å². The Balaban J connectivity index is 1.58. The third-order valence-electron chi connectivity index (χ3n) is 4.72. The van der Waals surface area contributed by atoms with Crippen molar-refractivity contribution in [1.82, 2.24) is 0 Å². The summed E-state index contributed by atoms with van der Waals surface area (Å²) in [6.45, 7) is 0. The first kappa shape index (κ1) is 14.0. The molecule has 2 atom stereocenters. The predicted molar refractivity (Wildman–Crippen MR) is 96.1 cm³/mol. The van der Waals surface area contributed by atoms with E-state index >= 15 is 0 Å². The molecule has 0 radical (unpaired) electrons. The zero-order valence-electron chi connectivity index (χ0n) is 12.3. The molecule has 1 fully saturated rings. The van der Waals surface area contributed by atoms with Crippen LogP contribution in [0.25, 0.3) is 10.8 Å². The molecular weight excluding hydrogens is 334 g/mol. The molecule has 0 bridgehead atoms. The second-order valence-corrected chi connectivity index (χ2v) is 7.32.